The van der Waals surface area contributed by atoms with Crippen LogP contribution in [0.5, 0.6) is 0 Å². The monoisotopic (exact) mass is 272 g/mol. The van der Waals surface area contributed by atoms with Gasteiger partial charge in [-0.1, -0.05) is 18.2 Å². The Morgan fingerprint density at radius 2 is 2.10 bits per heavy atom. The van der Waals surface area contributed by atoms with E-state index in [0.29, 0.717) is 24.2 Å². The van der Waals surface area contributed by atoms with E-state index in [-0.39, 0.29) is 5.56 Å². The summed E-state index contributed by atoms with van der Waals surface area (Å²) in [5, 5.41) is 10.8. The number of nitrogens with one attached hydrogen (secondary N) is 1. The van der Waals surface area contributed by atoms with Gasteiger partial charge in [0.1, 0.15) is 11.9 Å². The lowest BCUT2D eigenvalue weighted by atomic mass is 10.0. The van der Waals surface area contributed by atoms with Gasteiger partial charge in [0.15, 0.2) is 0 Å². The number of benzene rings is 1. The number of H-pyrrole nitrogens is 1. The average Bonchev–Trinajstić information content (AvgIpc) is 2.47. The third-order valence-corrected chi connectivity index (χ3v) is 3.84. The minimum absolute atomic E-state index is 0.173. The molecule has 5 nitrogen and oxygen atoms in total. The molecule has 1 aromatic carbocycles. The van der Waals surface area contributed by atoms with Crippen LogP contribution in [0, 0.1) is 0 Å². The van der Waals surface area contributed by atoms with Crippen LogP contribution in [-0.4, -0.2) is 28.6 Å². The first kappa shape index (κ1) is 12.7. The largest absolute Gasteiger partial charge is 0.480 e. The summed E-state index contributed by atoms with van der Waals surface area (Å²) in [6.07, 6.45) is 2.47. The molecule has 0 radical (unpaired) electrons. The van der Waals surface area contributed by atoms with Crippen LogP contribution in [0.3, 0.4) is 0 Å². The van der Waals surface area contributed by atoms with E-state index in [4.69, 9.17) is 0 Å². The molecule has 5 heteroatoms. The lowest BCUT2D eigenvalue weighted by Crippen LogP contribution is -2.45. The number of aliphatic carboxylic acids is 1. The van der Waals surface area contributed by atoms with Crippen molar-refractivity contribution in [3.8, 4) is 0 Å². The number of carbonyl (C=O) groups is 1. The first-order valence-electron chi connectivity index (χ1n) is 6.78. The Kier molecular flexibility index (Phi) is 3.18. The molecule has 1 fully saturated rings. The molecule has 1 aliphatic rings. The van der Waals surface area contributed by atoms with Gasteiger partial charge in [-0.15, -0.1) is 0 Å². The van der Waals surface area contributed by atoms with Gasteiger partial charge in [0.05, 0.1) is 0 Å². The second kappa shape index (κ2) is 5.00. The maximum atomic E-state index is 12.1. The fourth-order valence-corrected chi connectivity index (χ4v) is 2.83. The molecule has 20 heavy (non-hydrogen) atoms. The van der Waals surface area contributed by atoms with E-state index in [1.54, 1.807) is 11.0 Å². The van der Waals surface area contributed by atoms with E-state index in [2.05, 4.69) is 4.98 Å². The molecule has 1 aromatic heterocycles. The van der Waals surface area contributed by atoms with Crippen LogP contribution < -0.4 is 10.5 Å². The third-order valence-electron chi connectivity index (χ3n) is 3.84. The van der Waals surface area contributed by atoms with Crippen molar-refractivity contribution in [3.05, 3.63) is 40.7 Å². The van der Waals surface area contributed by atoms with Crippen molar-refractivity contribution in [1.82, 2.24) is 4.98 Å². The Hall–Kier alpha value is -2.30. The Bertz CT molecular complexity index is 708. The molecule has 2 heterocycles. The molecule has 1 unspecified atom stereocenters. The highest BCUT2D eigenvalue weighted by molar-refractivity contribution is 5.85. The molecule has 0 amide bonds. The molecule has 0 saturated carbocycles. The van der Waals surface area contributed by atoms with Crippen LogP contribution in [0.25, 0.3) is 10.8 Å². The Balaban J connectivity index is 2.09. The van der Waals surface area contributed by atoms with Gasteiger partial charge in [-0.2, -0.15) is 0 Å². The standard InChI is InChI=1S/C15H16N2O3/c18-14-11-6-2-1-5-10(11)9-13(16-14)17-8-4-3-7-12(17)15(19)20/h1-2,5-6,9,12H,3-4,7-8H2,(H,16,18)(H,19,20). The molecule has 3 rings (SSSR count). The van der Waals surface area contributed by atoms with E-state index in [9.17, 15) is 14.7 Å². The Labute approximate surface area is 115 Å². The Morgan fingerprint density at radius 1 is 1.30 bits per heavy atom. The molecular formula is C15H16N2O3. The normalized spacial score (nSPS) is 19.2. The van der Waals surface area contributed by atoms with Crippen LogP contribution >= 0.6 is 0 Å². The van der Waals surface area contributed by atoms with Crippen molar-refractivity contribution in [2.45, 2.75) is 25.3 Å². The number of rotatable bonds is 2. The molecule has 1 aliphatic heterocycles. The zero-order chi connectivity index (χ0) is 14.1. The number of hydrogen-bond acceptors (Lipinski definition) is 3. The second-order valence-corrected chi connectivity index (χ2v) is 5.11. The fraction of sp³-hybridized carbons (Fsp3) is 0.333. The number of aromatic amines is 1. The van der Waals surface area contributed by atoms with Crippen molar-refractivity contribution in [2.75, 3.05) is 11.4 Å². The maximum Gasteiger partial charge on any atom is 0.326 e. The van der Waals surface area contributed by atoms with Gasteiger partial charge in [-0.05, 0) is 36.8 Å². The van der Waals surface area contributed by atoms with Gasteiger partial charge in [0.25, 0.3) is 5.56 Å². The number of piperidine rings is 1. The van der Waals surface area contributed by atoms with E-state index < -0.39 is 12.0 Å². The number of aromatic nitrogens is 1. The van der Waals surface area contributed by atoms with Crippen LogP contribution in [-0.2, 0) is 4.79 Å². The number of carboxylic acid groups (broad SMARTS) is 1. The van der Waals surface area contributed by atoms with Gasteiger partial charge in [-0.25, -0.2) is 4.79 Å². The zero-order valence-corrected chi connectivity index (χ0v) is 11.0. The lowest BCUT2D eigenvalue weighted by Gasteiger charge is -2.34. The molecule has 2 N–H and O–H groups in total. The van der Waals surface area contributed by atoms with E-state index >= 15 is 0 Å². The van der Waals surface area contributed by atoms with Gasteiger partial charge < -0.3 is 15.0 Å². The number of fused-ring (bicyclic) bond motifs is 1. The summed E-state index contributed by atoms with van der Waals surface area (Å²) in [5.41, 5.74) is -0.173. The average molecular weight is 272 g/mol. The summed E-state index contributed by atoms with van der Waals surface area (Å²) in [7, 11) is 0. The highest BCUT2D eigenvalue weighted by atomic mass is 16.4. The number of nitrogens with zero attached hydrogens (tertiary/aromatic N) is 1. The summed E-state index contributed by atoms with van der Waals surface area (Å²) in [6, 6.07) is 8.63. The summed E-state index contributed by atoms with van der Waals surface area (Å²) < 4.78 is 0. The highest BCUT2D eigenvalue weighted by Gasteiger charge is 2.29. The first-order chi connectivity index (χ1) is 9.66. The number of pyridine rings is 1. The predicted octanol–water partition coefficient (Wildman–Crippen LogP) is 1.97. The quantitative estimate of drug-likeness (QED) is 0.876. The molecule has 1 saturated heterocycles. The van der Waals surface area contributed by atoms with Crippen molar-refractivity contribution in [3.63, 3.8) is 0 Å². The molecule has 0 spiro atoms. The van der Waals surface area contributed by atoms with Crippen molar-refractivity contribution in [1.29, 1.82) is 0 Å². The summed E-state index contributed by atoms with van der Waals surface area (Å²) in [4.78, 5) is 28.0. The molecule has 1 atom stereocenters. The minimum atomic E-state index is -0.835. The Morgan fingerprint density at radius 3 is 2.90 bits per heavy atom. The predicted molar refractivity (Wildman–Crippen MR) is 77.2 cm³/mol. The lowest BCUT2D eigenvalue weighted by molar-refractivity contribution is -0.139. The van der Waals surface area contributed by atoms with E-state index in [1.807, 2.05) is 24.3 Å². The zero-order valence-electron chi connectivity index (χ0n) is 11.0. The van der Waals surface area contributed by atoms with Crippen LogP contribution in [0.2, 0.25) is 0 Å². The summed E-state index contributed by atoms with van der Waals surface area (Å²) >= 11 is 0. The molecule has 0 bridgehead atoms. The third kappa shape index (κ3) is 2.15. The van der Waals surface area contributed by atoms with Crippen LogP contribution in [0.15, 0.2) is 35.1 Å². The topological polar surface area (TPSA) is 73.4 Å². The summed E-state index contributed by atoms with van der Waals surface area (Å²) in [5.74, 6) is -0.237. The van der Waals surface area contributed by atoms with E-state index in [0.717, 1.165) is 18.2 Å². The van der Waals surface area contributed by atoms with Gasteiger partial charge in [0, 0.05) is 11.9 Å². The number of carboxylic acids is 1. The minimum Gasteiger partial charge on any atom is -0.480 e. The fourth-order valence-electron chi connectivity index (χ4n) is 2.83. The maximum absolute atomic E-state index is 12.1. The molecule has 2 aromatic rings. The SMILES string of the molecule is O=C(O)C1CCCCN1c1cc2ccccc2c(=O)[nH]1. The van der Waals surface area contributed by atoms with Crippen LogP contribution in [0.4, 0.5) is 5.82 Å². The van der Waals surface area contributed by atoms with Gasteiger partial charge in [-0.3, -0.25) is 4.79 Å². The molecule has 104 valence electrons. The van der Waals surface area contributed by atoms with Crippen molar-refractivity contribution < 1.29 is 9.90 Å². The first-order valence-corrected chi connectivity index (χ1v) is 6.78. The smallest absolute Gasteiger partial charge is 0.326 e. The molecule has 0 aliphatic carbocycles. The summed E-state index contributed by atoms with van der Waals surface area (Å²) in [6.45, 7) is 0.658. The number of anilines is 1. The highest BCUT2D eigenvalue weighted by Crippen LogP contribution is 2.24. The van der Waals surface area contributed by atoms with Crippen LogP contribution in [0.1, 0.15) is 19.3 Å². The van der Waals surface area contributed by atoms with Crippen molar-refractivity contribution >= 4 is 22.6 Å². The van der Waals surface area contributed by atoms with E-state index in [1.165, 1.54) is 0 Å². The van der Waals surface area contributed by atoms with Gasteiger partial charge >= 0.3 is 5.97 Å². The number of hydrogen-bond donors (Lipinski definition) is 2. The second-order valence-electron chi connectivity index (χ2n) is 5.11. The van der Waals surface area contributed by atoms with Gasteiger partial charge in [0.2, 0.25) is 0 Å². The molecular weight excluding hydrogens is 256 g/mol. The van der Waals surface area contributed by atoms with Crippen molar-refractivity contribution in [2.24, 2.45) is 0 Å².